The number of quaternary nitrogens is 1. The number of hydrogen-bond donors (Lipinski definition) is 2. The number of carbonyl (C=O) groups excluding carboxylic acids is 2. The molecule has 2 aromatic carbocycles. The first kappa shape index (κ1) is 21.6. The lowest BCUT2D eigenvalue weighted by atomic mass is 9.94. The summed E-state index contributed by atoms with van der Waals surface area (Å²) in [5.74, 6) is -0.758. The highest BCUT2D eigenvalue weighted by Crippen LogP contribution is 2.18. The molecule has 30 heavy (non-hydrogen) atoms. The molecule has 0 aliphatic heterocycles. The molecule has 2 N–H and O–H groups in total. The lowest BCUT2D eigenvalue weighted by molar-refractivity contribution is -0.921. The van der Waals surface area contributed by atoms with Gasteiger partial charge in [0.25, 0.3) is 5.69 Å². The van der Waals surface area contributed by atoms with Gasteiger partial charge < -0.3 is 10.2 Å². The molecule has 0 spiro atoms. The van der Waals surface area contributed by atoms with Crippen LogP contribution >= 0.6 is 0 Å². The molecule has 0 heterocycles. The first-order chi connectivity index (χ1) is 14.4. The molecular formula is C23H28N3O4+. The molecule has 3 rings (SSSR count). The van der Waals surface area contributed by atoms with E-state index in [0.717, 1.165) is 17.8 Å². The summed E-state index contributed by atoms with van der Waals surface area (Å²) < 4.78 is 0. The summed E-state index contributed by atoms with van der Waals surface area (Å²) in [5, 5.41) is 13.6. The predicted molar refractivity (Wildman–Crippen MR) is 115 cm³/mol. The first-order valence-corrected chi connectivity index (χ1v) is 10.4. The number of rotatable bonds is 8. The Kier molecular flexibility index (Phi) is 7.30. The van der Waals surface area contributed by atoms with Gasteiger partial charge in [-0.25, -0.2) is 0 Å². The molecule has 1 saturated carbocycles. The van der Waals surface area contributed by atoms with E-state index < -0.39 is 4.92 Å². The van der Waals surface area contributed by atoms with E-state index in [0.29, 0.717) is 6.04 Å². The predicted octanol–water partition coefficient (Wildman–Crippen LogP) is 3.15. The lowest BCUT2D eigenvalue weighted by Gasteiger charge is -2.28. The fourth-order valence-corrected chi connectivity index (χ4v) is 4.05. The van der Waals surface area contributed by atoms with E-state index in [-0.39, 0.29) is 29.4 Å². The van der Waals surface area contributed by atoms with Crippen LogP contribution in [0.4, 0.5) is 11.4 Å². The molecule has 1 atom stereocenters. The van der Waals surface area contributed by atoms with Gasteiger partial charge in [0.15, 0.2) is 5.78 Å². The van der Waals surface area contributed by atoms with Gasteiger partial charge in [-0.15, -0.1) is 0 Å². The molecule has 7 nitrogen and oxygen atoms in total. The van der Waals surface area contributed by atoms with Crippen molar-refractivity contribution in [2.45, 2.75) is 51.1 Å². The van der Waals surface area contributed by atoms with Crippen LogP contribution < -0.4 is 10.2 Å². The van der Waals surface area contributed by atoms with Gasteiger partial charge in [-0.3, -0.25) is 19.7 Å². The van der Waals surface area contributed by atoms with Crippen LogP contribution in [0.25, 0.3) is 0 Å². The van der Waals surface area contributed by atoms with E-state index in [4.69, 9.17) is 0 Å². The number of para-hydroxylation sites is 1. The maximum absolute atomic E-state index is 12.5. The third-order valence-electron chi connectivity index (χ3n) is 5.78. The minimum absolute atomic E-state index is 0.0884. The van der Waals surface area contributed by atoms with Crippen molar-refractivity contribution in [2.75, 3.05) is 12.4 Å². The number of nitro benzene ring substituents is 1. The van der Waals surface area contributed by atoms with Gasteiger partial charge in [0.2, 0.25) is 5.91 Å². The molecule has 2 aromatic rings. The molecule has 0 saturated heterocycles. The van der Waals surface area contributed by atoms with Gasteiger partial charge in [-0.1, -0.05) is 24.6 Å². The SMILES string of the molecule is C[NH+](Cc1ccccc1NC(=O)CC(=O)c1ccc([N+](=O)[O-])cc1)C1CCCCC1. The van der Waals surface area contributed by atoms with Crippen molar-refractivity contribution in [1.29, 1.82) is 0 Å². The second-order valence-corrected chi connectivity index (χ2v) is 7.97. The average Bonchev–Trinajstić information content (AvgIpc) is 2.75. The molecule has 1 amide bonds. The molecular weight excluding hydrogens is 382 g/mol. The smallest absolute Gasteiger partial charge is 0.269 e. The largest absolute Gasteiger partial charge is 0.331 e. The molecule has 0 bridgehead atoms. The zero-order valence-electron chi connectivity index (χ0n) is 17.2. The quantitative estimate of drug-likeness (QED) is 0.303. The molecule has 0 aromatic heterocycles. The number of hydrogen-bond acceptors (Lipinski definition) is 4. The molecule has 1 fully saturated rings. The maximum Gasteiger partial charge on any atom is 0.269 e. The van der Waals surface area contributed by atoms with Gasteiger partial charge in [0.05, 0.1) is 24.4 Å². The van der Waals surface area contributed by atoms with Crippen molar-refractivity contribution < 1.29 is 19.4 Å². The molecule has 0 radical (unpaired) electrons. The van der Waals surface area contributed by atoms with Crippen LogP contribution in [-0.2, 0) is 11.3 Å². The standard InChI is InChI=1S/C23H27N3O4/c1-25(19-8-3-2-4-9-19)16-18-7-5-6-10-21(18)24-23(28)15-22(27)17-11-13-20(14-12-17)26(29)30/h5-7,10-14,19H,2-4,8-9,15-16H2,1H3,(H,24,28)/p+1. The van der Waals surface area contributed by atoms with E-state index >= 15 is 0 Å². The van der Waals surface area contributed by atoms with Crippen molar-refractivity contribution >= 4 is 23.1 Å². The monoisotopic (exact) mass is 410 g/mol. The minimum Gasteiger partial charge on any atom is -0.331 e. The third-order valence-corrected chi connectivity index (χ3v) is 5.78. The summed E-state index contributed by atoms with van der Waals surface area (Å²) in [6.45, 7) is 0.817. The number of amides is 1. The van der Waals surface area contributed by atoms with Crippen molar-refractivity contribution in [3.63, 3.8) is 0 Å². The maximum atomic E-state index is 12.5. The molecule has 7 heteroatoms. The second-order valence-electron chi connectivity index (χ2n) is 7.97. The Bertz CT molecular complexity index is 905. The van der Waals surface area contributed by atoms with Crippen LogP contribution in [0, 0.1) is 10.1 Å². The number of non-ortho nitro benzene ring substituents is 1. The lowest BCUT2D eigenvalue weighted by Crippen LogP contribution is -3.11. The van der Waals surface area contributed by atoms with Crippen molar-refractivity contribution in [2.24, 2.45) is 0 Å². The Labute approximate surface area is 176 Å². The number of anilines is 1. The fourth-order valence-electron chi connectivity index (χ4n) is 4.05. The van der Waals surface area contributed by atoms with Gasteiger partial charge in [0.1, 0.15) is 6.54 Å². The van der Waals surface area contributed by atoms with Crippen LogP contribution in [0.15, 0.2) is 48.5 Å². The average molecular weight is 410 g/mol. The first-order valence-electron chi connectivity index (χ1n) is 10.4. The Morgan fingerprint density at radius 1 is 1.07 bits per heavy atom. The van der Waals surface area contributed by atoms with Gasteiger partial charge >= 0.3 is 0 Å². The highest BCUT2D eigenvalue weighted by atomic mass is 16.6. The Balaban J connectivity index is 1.60. The molecule has 1 unspecified atom stereocenters. The number of nitrogens with zero attached hydrogens (tertiary/aromatic N) is 1. The van der Waals surface area contributed by atoms with Crippen LogP contribution in [0.2, 0.25) is 0 Å². The van der Waals surface area contributed by atoms with E-state index in [1.807, 2.05) is 24.3 Å². The number of ketones is 1. The normalized spacial score (nSPS) is 15.4. The summed E-state index contributed by atoms with van der Waals surface area (Å²) in [4.78, 5) is 36.5. The second kappa shape index (κ2) is 10.1. The number of Topliss-reactive ketones (excluding diaryl/α,β-unsaturated/α-hetero) is 1. The van der Waals surface area contributed by atoms with Gasteiger partial charge in [-0.2, -0.15) is 0 Å². The fraction of sp³-hybridized carbons (Fsp3) is 0.391. The van der Waals surface area contributed by atoms with E-state index in [1.54, 1.807) is 0 Å². The van der Waals surface area contributed by atoms with Gasteiger partial charge in [0, 0.05) is 28.9 Å². The summed E-state index contributed by atoms with van der Waals surface area (Å²) in [6.07, 6.45) is 6.06. The molecule has 158 valence electrons. The highest BCUT2D eigenvalue weighted by Gasteiger charge is 2.22. The van der Waals surface area contributed by atoms with E-state index in [2.05, 4.69) is 12.4 Å². The summed E-state index contributed by atoms with van der Waals surface area (Å²) in [7, 11) is 2.20. The van der Waals surface area contributed by atoms with E-state index in [1.165, 1.54) is 61.3 Å². The summed E-state index contributed by atoms with van der Waals surface area (Å²) in [5.41, 5.74) is 1.98. The molecule has 1 aliphatic rings. The van der Waals surface area contributed by atoms with Crippen molar-refractivity contribution in [1.82, 2.24) is 0 Å². The van der Waals surface area contributed by atoms with Crippen LogP contribution in [0.3, 0.4) is 0 Å². The van der Waals surface area contributed by atoms with Crippen molar-refractivity contribution in [3.8, 4) is 0 Å². The Morgan fingerprint density at radius 3 is 2.40 bits per heavy atom. The number of carbonyl (C=O) groups is 2. The number of benzene rings is 2. The third kappa shape index (κ3) is 5.73. The topological polar surface area (TPSA) is 93.8 Å². The summed E-state index contributed by atoms with van der Waals surface area (Å²) >= 11 is 0. The zero-order valence-corrected chi connectivity index (χ0v) is 17.2. The van der Waals surface area contributed by atoms with E-state index in [9.17, 15) is 19.7 Å². The minimum atomic E-state index is -0.524. The molecule has 1 aliphatic carbocycles. The Morgan fingerprint density at radius 2 is 1.73 bits per heavy atom. The summed E-state index contributed by atoms with van der Waals surface area (Å²) in [6, 6.07) is 13.6. The van der Waals surface area contributed by atoms with Crippen LogP contribution in [0.1, 0.15) is 54.4 Å². The number of nitro groups is 1. The zero-order chi connectivity index (χ0) is 21.5. The van der Waals surface area contributed by atoms with Crippen LogP contribution in [0.5, 0.6) is 0 Å². The van der Waals surface area contributed by atoms with Crippen LogP contribution in [-0.4, -0.2) is 29.7 Å². The van der Waals surface area contributed by atoms with Crippen molar-refractivity contribution in [3.05, 3.63) is 69.8 Å². The highest BCUT2D eigenvalue weighted by molar-refractivity contribution is 6.11. The Hall–Kier alpha value is -3.06. The number of nitrogens with one attached hydrogen (secondary N) is 2. The van der Waals surface area contributed by atoms with Gasteiger partial charge in [-0.05, 0) is 43.9 Å².